The van der Waals surface area contributed by atoms with Crippen LogP contribution in [-0.4, -0.2) is 19.2 Å². The summed E-state index contributed by atoms with van der Waals surface area (Å²) in [6.07, 6.45) is 3.65. The van der Waals surface area contributed by atoms with Crippen LogP contribution in [0.25, 0.3) is 6.08 Å². The van der Waals surface area contributed by atoms with E-state index in [1.165, 1.54) is 0 Å². The molecule has 0 heterocycles. The molecule has 0 aliphatic carbocycles. The molecule has 3 nitrogen and oxygen atoms in total. The topological polar surface area (TPSA) is 35.5 Å². The lowest BCUT2D eigenvalue weighted by Gasteiger charge is -2.07. The predicted molar refractivity (Wildman–Crippen MR) is 88.4 cm³/mol. The maximum absolute atomic E-state index is 11.6. The number of halogens is 2. The third-order valence-electron chi connectivity index (χ3n) is 2.69. The van der Waals surface area contributed by atoms with Gasteiger partial charge in [-0.3, -0.25) is 0 Å². The highest BCUT2D eigenvalue weighted by molar-refractivity contribution is 6.35. The van der Waals surface area contributed by atoms with Crippen LogP contribution in [0.5, 0.6) is 5.75 Å². The van der Waals surface area contributed by atoms with Crippen LogP contribution in [0.1, 0.15) is 5.56 Å². The molecule has 0 bridgehead atoms. The third-order valence-corrected chi connectivity index (χ3v) is 3.22. The van der Waals surface area contributed by atoms with Gasteiger partial charge in [0.25, 0.3) is 0 Å². The van der Waals surface area contributed by atoms with Gasteiger partial charge in [-0.1, -0.05) is 59.6 Å². The monoisotopic (exact) mass is 336 g/mol. The summed E-state index contributed by atoms with van der Waals surface area (Å²) in [4.78, 5) is 11.6. The zero-order valence-corrected chi connectivity index (χ0v) is 13.2. The summed E-state index contributed by atoms with van der Waals surface area (Å²) in [5.41, 5.74) is 1.04. The number of ether oxygens (including phenoxy) is 2. The Morgan fingerprint density at radius 3 is 2.59 bits per heavy atom. The second-order valence-electron chi connectivity index (χ2n) is 4.36. The minimum absolute atomic E-state index is 0.186. The summed E-state index contributed by atoms with van der Waals surface area (Å²) in [7, 11) is 0. The lowest BCUT2D eigenvalue weighted by Crippen LogP contribution is -2.15. The quantitative estimate of drug-likeness (QED) is 0.721. The Bertz CT molecular complexity index is 654. The summed E-state index contributed by atoms with van der Waals surface area (Å²) in [6, 6.07) is 14.5. The van der Waals surface area contributed by atoms with Crippen molar-refractivity contribution in [3.63, 3.8) is 0 Å². The van der Waals surface area contributed by atoms with E-state index >= 15 is 0 Å². The number of carbonyl (C=O) groups is 1. The maximum Gasteiger partial charge on any atom is 0.344 e. The van der Waals surface area contributed by atoms with Crippen LogP contribution in [0.4, 0.5) is 0 Å². The van der Waals surface area contributed by atoms with Crippen molar-refractivity contribution in [1.29, 1.82) is 0 Å². The van der Waals surface area contributed by atoms with E-state index in [2.05, 4.69) is 0 Å². The Morgan fingerprint density at radius 1 is 1.09 bits per heavy atom. The minimum atomic E-state index is -0.469. The number of rotatable bonds is 6. The third kappa shape index (κ3) is 5.43. The summed E-state index contributed by atoms with van der Waals surface area (Å²) in [5.74, 6) is -0.0772. The van der Waals surface area contributed by atoms with Crippen molar-refractivity contribution >= 4 is 35.2 Å². The van der Waals surface area contributed by atoms with E-state index in [1.54, 1.807) is 24.3 Å². The average Bonchev–Trinajstić information content (AvgIpc) is 2.52. The Morgan fingerprint density at radius 2 is 1.86 bits per heavy atom. The minimum Gasteiger partial charge on any atom is -0.480 e. The van der Waals surface area contributed by atoms with Gasteiger partial charge >= 0.3 is 5.97 Å². The number of esters is 1. The molecular formula is C17H14Cl2O3. The van der Waals surface area contributed by atoms with E-state index < -0.39 is 5.97 Å². The molecule has 0 unspecified atom stereocenters. The largest absolute Gasteiger partial charge is 0.480 e. The van der Waals surface area contributed by atoms with Gasteiger partial charge in [0, 0.05) is 5.02 Å². The van der Waals surface area contributed by atoms with Gasteiger partial charge in [-0.05, 0) is 29.8 Å². The number of carbonyl (C=O) groups excluding carboxylic acids is 1. The van der Waals surface area contributed by atoms with Gasteiger partial charge in [-0.25, -0.2) is 4.79 Å². The molecule has 2 aromatic rings. The van der Waals surface area contributed by atoms with Crippen LogP contribution in [0, 0.1) is 0 Å². The fourth-order valence-corrected chi connectivity index (χ4v) is 2.12. The van der Waals surface area contributed by atoms with Crippen LogP contribution in [0.15, 0.2) is 54.6 Å². The fraction of sp³-hybridized carbons (Fsp3) is 0.118. The Balaban J connectivity index is 1.73. The molecule has 5 heteroatoms. The van der Waals surface area contributed by atoms with Gasteiger partial charge in [-0.2, -0.15) is 0 Å². The normalized spacial score (nSPS) is 10.6. The molecule has 2 aromatic carbocycles. The highest BCUT2D eigenvalue weighted by atomic mass is 35.5. The highest BCUT2D eigenvalue weighted by Crippen LogP contribution is 2.27. The van der Waals surface area contributed by atoms with Crippen LogP contribution in [0.2, 0.25) is 10.0 Å². The molecule has 0 atom stereocenters. The first kappa shape index (κ1) is 16.4. The molecule has 0 saturated carbocycles. The first-order chi connectivity index (χ1) is 10.6. The highest BCUT2D eigenvalue weighted by Gasteiger charge is 2.06. The van der Waals surface area contributed by atoms with Crippen LogP contribution < -0.4 is 4.74 Å². The standard InChI is InChI=1S/C17H14Cl2O3/c18-14-8-9-16(15(19)11-14)22-12-17(20)21-10-4-7-13-5-2-1-3-6-13/h1-9,11H,10,12H2/b7-4+. The zero-order valence-electron chi connectivity index (χ0n) is 11.7. The number of hydrogen-bond acceptors (Lipinski definition) is 3. The van der Waals surface area contributed by atoms with E-state index in [0.29, 0.717) is 15.8 Å². The average molecular weight is 337 g/mol. The van der Waals surface area contributed by atoms with E-state index in [1.807, 2.05) is 36.4 Å². The summed E-state index contributed by atoms with van der Waals surface area (Å²) >= 11 is 11.7. The van der Waals surface area contributed by atoms with Crippen molar-refractivity contribution in [3.8, 4) is 5.75 Å². The van der Waals surface area contributed by atoms with Gasteiger partial charge in [0.1, 0.15) is 12.4 Å². The molecule has 0 fully saturated rings. The second kappa shape index (κ2) is 8.47. The first-order valence-electron chi connectivity index (χ1n) is 6.60. The molecule has 0 spiro atoms. The molecule has 22 heavy (non-hydrogen) atoms. The molecule has 0 amide bonds. The molecular weight excluding hydrogens is 323 g/mol. The zero-order chi connectivity index (χ0) is 15.8. The van der Waals surface area contributed by atoms with Crippen molar-refractivity contribution in [2.45, 2.75) is 0 Å². The Labute approximate surface area is 139 Å². The van der Waals surface area contributed by atoms with Crippen LogP contribution in [-0.2, 0) is 9.53 Å². The molecule has 0 N–H and O–H groups in total. The van der Waals surface area contributed by atoms with Gasteiger partial charge in [0.05, 0.1) is 5.02 Å². The van der Waals surface area contributed by atoms with Crippen molar-refractivity contribution in [1.82, 2.24) is 0 Å². The van der Waals surface area contributed by atoms with Crippen LogP contribution in [0.3, 0.4) is 0 Å². The van der Waals surface area contributed by atoms with E-state index in [-0.39, 0.29) is 13.2 Å². The molecule has 2 rings (SSSR count). The smallest absolute Gasteiger partial charge is 0.344 e. The molecule has 114 valence electrons. The number of benzene rings is 2. The van der Waals surface area contributed by atoms with Gasteiger partial charge in [-0.15, -0.1) is 0 Å². The molecule has 0 radical (unpaired) electrons. The number of hydrogen-bond donors (Lipinski definition) is 0. The fourth-order valence-electron chi connectivity index (χ4n) is 1.66. The predicted octanol–water partition coefficient (Wildman–Crippen LogP) is 4.63. The lowest BCUT2D eigenvalue weighted by atomic mass is 10.2. The summed E-state index contributed by atoms with van der Waals surface area (Å²) in [6.45, 7) is -0.0219. The van der Waals surface area contributed by atoms with Gasteiger partial charge in [0.2, 0.25) is 0 Å². The Hall–Kier alpha value is -1.97. The van der Waals surface area contributed by atoms with Crippen molar-refractivity contribution in [2.24, 2.45) is 0 Å². The van der Waals surface area contributed by atoms with Crippen molar-refractivity contribution in [2.75, 3.05) is 13.2 Å². The summed E-state index contributed by atoms with van der Waals surface area (Å²) in [5, 5.41) is 0.857. The van der Waals surface area contributed by atoms with Gasteiger partial charge < -0.3 is 9.47 Å². The second-order valence-corrected chi connectivity index (χ2v) is 5.20. The Kier molecular flexibility index (Phi) is 6.31. The first-order valence-corrected chi connectivity index (χ1v) is 7.36. The van der Waals surface area contributed by atoms with Gasteiger partial charge in [0.15, 0.2) is 6.61 Å². The molecule has 0 aliphatic heterocycles. The van der Waals surface area contributed by atoms with E-state index in [4.69, 9.17) is 32.7 Å². The lowest BCUT2D eigenvalue weighted by molar-refractivity contribution is -0.144. The summed E-state index contributed by atoms with van der Waals surface area (Å²) < 4.78 is 10.3. The molecule has 0 aromatic heterocycles. The van der Waals surface area contributed by atoms with E-state index in [0.717, 1.165) is 5.56 Å². The SMILES string of the molecule is O=C(COc1ccc(Cl)cc1Cl)OC/C=C/c1ccccc1. The molecule has 0 saturated heterocycles. The van der Waals surface area contributed by atoms with Crippen molar-refractivity contribution in [3.05, 3.63) is 70.2 Å². The van der Waals surface area contributed by atoms with Crippen molar-refractivity contribution < 1.29 is 14.3 Å². The molecule has 0 aliphatic rings. The maximum atomic E-state index is 11.6. The van der Waals surface area contributed by atoms with Crippen LogP contribution >= 0.6 is 23.2 Å². The van der Waals surface area contributed by atoms with E-state index in [9.17, 15) is 4.79 Å².